The first-order valence-electron chi connectivity index (χ1n) is 12.0. The first-order valence-corrected chi connectivity index (χ1v) is 12.0. The van der Waals surface area contributed by atoms with Crippen molar-refractivity contribution in [2.75, 3.05) is 0 Å². The van der Waals surface area contributed by atoms with Crippen LogP contribution in [-0.4, -0.2) is 14.5 Å². The Bertz CT molecular complexity index is 1700. The number of fused-ring (bicyclic) bond motifs is 3. The Morgan fingerprint density at radius 2 is 1.54 bits per heavy atom. The standard InChI is InChI=1S/C32H25N3O.Pt/c1-32(2,3)23-16-18-33-28(20-23)22-9-8-10-24(19-22)36-25-14-15-27-26-11-4-5-12-29(26)35(30(27)21-25)31-13-6-7-17-34-31;/h4-18,20H,1-3H3;/q-2;+2. The third kappa shape index (κ3) is 4.82. The van der Waals surface area contributed by atoms with Crippen LogP contribution in [0.1, 0.15) is 26.3 Å². The molecule has 0 aliphatic rings. The van der Waals surface area contributed by atoms with Crippen molar-refractivity contribution in [2.24, 2.45) is 0 Å². The average Bonchev–Trinajstić information content (AvgIpc) is 3.22. The summed E-state index contributed by atoms with van der Waals surface area (Å²) >= 11 is 0. The van der Waals surface area contributed by atoms with Crippen LogP contribution >= 0.6 is 0 Å². The van der Waals surface area contributed by atoms with E-state index in [2.05, 4.69) is 83.8 Å². The van der Waals surface area contributed by atoms with Crippen LogP contribution in [0.15, 0.2) is 97.3 Å². The minimum atomic E-state index is 0. The maximum Gasteiger partial charge on any atom is 2.00 e. The molecule has 0 fully saturated rings. The molecule has 0 saturated heterocycles. The second-order valence-corrected chi connectivity index (χ2v) is 9.84. The molecule has 0 radical (unpaired) electrons. The Balaban J connectivity index is 0.00000280. The van der Waals surface area contributed by atoms with Crippen molar-refractivity contribution in [3.05, 3.63) is 115 Å². The Labute approximate surface area is 231 Å². The molecular formula is C32H25N3OPt. The predicted molar refractivity (Wildman–Crippen MR) is 145 cm³/mol. The number of para-hydroxylation sites is 1. The summed E-state index contributed by atoms with van der Waals surface area (Å²) in [5.74, 6) is 2.08. The Morgan fingerprint density at radius 1 is 0.730 bits per heavy atom. The Morgan fingerprint density at radius 3 is 2.35 bits per heavy atom. The molecular weight excluding hydrogens is 637 g/mol. The second-order valence-electron chi connectivity index (χ2n) is 9.84. The van der Waals surface area contributed by atoms with E-state index in [1.165, 1.54) is 5.56 Å². The Hall–Kier alpha value is -3.75. The molecule has 4 nitrogen and oxygen atoms in total. The second kappa shape index (κ2) is 9.95. The maximum absolute atomic E-state index is 6.26. The molecule has 0 saturated carbocycles. The van der Waals surface area contributed by atoms with E-state index in [0.717, 1.165) is 38.9 Å². The van der Waals surface area contributed by atoms with E-state index in [1.54, 1.807) is 6.20 Å². The molecule has 3 heterocycles. The number of aromatic nitrogens is 3. The summed E-state index contributed by atoms with van der Waals surface area (Å²) in [7, 11) is 0. The van der Waals surface area contributed by atoms with E-state index in [1.807, 2.05) is 54.7 Å². The van der Waals surface area contributed by atoms with Gasteiger partial charge in [0.2, 0.25) is 0 Å². The van der Waals surface area contributed by atoms with Gasteiger partial charge in [0, 0.05) is 29.4 Å². The van der Waals surface area contributed by atoms with Crippen LogP contribution in [0.25, 0.3) is 38.9 Å². The number of benzene rings is 3. The van der Waals surface area contributed by atoms with Crippen molar-refractivity contribution in [1.29, 1.82) is 0 Å². The van der Waals surface area contributed by atoms with Crippen molar-refractivity contribution >= 4 is 21.8 Å². The average molecular weight is 663 g/mol. The first-order chi connectivity index (χ1) is 17.5. The summed E-state index contributed by atoms with van der Waals surface area (Å²) in [6.07, 6.45) is 3.66. The zero-order valence-electron chi connectivity index (χ0n) is 20.8. The van der Waals surface area contributed by atoms with E-state index in [0.29, 0.717) is 11.5 Å². The van der Waals surface area contributed by atoms with Crippen molar-refractivity contribution in [3.63, 3.8) is 0 Å². The quantitative estimate of drug-likeness (QED) is 0.180. The van der Waals surface area contributed by atoms with E-state index < -0.39 is 0 Å². The van der Waals surface area contributed by atoms with Gasteiger partial charge in [0.05, 0.1) is 0 Å². The molecule has 37 heavy (non-hydrogen) atoms. The number of ether oxygens (including phenoxy) is 1. The topological polar surface area (TPSA) is 39.9 Å². The van der Waals surface area contributed by atoms with Gasteiger partial charge in [-0.2, -0.15) is 6.07 Å². The Kier molecular flexibility index (Phi) is 6.70. The van der Waals surface area contributed by atoms with Crippen molar-refractivity contribution in [3.8, 4) is 28.6 Å². The van der Waals surface area contributed by atoms with Gasteiger partial charge in [-0.3, -0.25) is 0 Å². The number of hydrogen-bond acceptors (Lipinski definition) is 3. The molecule has 0 aliphatic heterocycles. The van der Waals surface area contributed by atoms with Crippen molar-refractivity contribution in [2.45, 2.75) is 26.2 Å². The van der Waals surface area contributed by atoms with E-state index in [4.69, 9.17) is 4.74 Å². The molecule has 5 heteroatoms. The molecule has 0 atom stereocenters. The molecule has 6 aromatic rings. The summed E-state index contributed by atoms with van der Waals surface area (Å²) in [4.78, 5) is 9.17. The molecule has 184 valence electrons. The minimum absolute atomic E-state index is 0. The predicted octanol–water partition coefficient (Wildman–Crippen LogP) is 7.93. The molecule has 0 N–H and O–H groups in total. The third-order valence-corrected chi connectivity index (χ3v) is 6.33. The summed E-state index contributed by atoms with van der Waals surface area (Å²) in [5, 5.41) is 2.25. The largest absolute Gasteiger partial charge is 2.00 e. The van der Waals surface area contributed by atoms with Crippen LogP contribution in [0.4, 0.5) is 0 Å². The number of rotatable bonds is 4. The summed E-state index contributed by atoms with van der Waals surface area (Å²) in [5.41, 5.74) is 5.04. The molecule has 0 spiro atoms. The molecule has 0 bridgehead atoms. The number of hydrogen-bond donors (Lipinski definition) is 0. The molecule has 3 aromatic carbocycles. The van der Waals surface area contributed by atoms with Gasteiger partial charge >= 0.3 is 21.1 Å². The van der Waals surface area contributed by atoms with Crippen molar-refractivity contribution in [1.82, 2.24) is 14.5 Å². The zero-order valence-corrected chi connectivity index (χ0v) is 23.1. The van der Waals surface area contributed by atoms with Gasteiger partial charge in [-0.15, -0.1) is 41.3 Å². The van der Waals surface area contributed by atoms with Crippen LogP contribution in [0, 0.1) is 12.1 Å². The fourth-order valence-corrected chi connectivity index (χ4v) is 4.48. The molecule has 0 unspecified atom stereocenters. The van der Waals surface area contributed by atoms with Crippen LogP contribution in [-0.2, 0) is 26.5 Å². The SMILES string of the molecule is CC(C)(C)c1ccnc(-c2[c-]c(Oc3[c-]c4c(cc3)c3ccccc3n4-c3ccccn3)ccc2)c1.[Pt+2]. The molecule has 3 aromatic heterocycles. The van der Waals surface area contributed by atoms with E-state index in [9.17, 15) is 0 Å². The van der Waals surface area contributed by atoms with Gasteiger partial charge in [0.25, 0.3) is 0 Å². The zero-order chi connectivity index (χ0) is 24.7. The van der Waals surface area contributed by atoms with Gasteiger partial charge in [-0.1, -0.05) is 62.7 Å². The van der Waals surface area contributed by atoms with Gasteiger partial charge in [-0.25, -0.2) is 4.98 Å². The normalized spacial score (nSPS) is 11.4. The smallest absolute Gasteiger partial charge is 0.503 e. The maximum atomic E-state index is 6.26. The van der Waals surface area contributed by atoms with Gasteiger partial charge in [-0.05, 0) is 46.3 Å². The van der Waals surface area contributed by atoms with E-state index >= 15 is 0 Å². The van der Waals surface area contributed by atoms with Crippen LogP contribution in [0.2, 0.25) is 0 Å². The van der Waals surface area contributed by atoms with Crippen LogP contribution in [0.3, 0.4) is 0 Å². The van der Waals surface area contributed by atoms with Gasteiger partial charge < -0.3 is 14.3 Å². The van der Waals surface area contributed by atoms with Gasteiger partial charge in [0.1, 0.15) is 5.82 Å². The van der Waals surface area contributed by atoms with Crippen LogP contribution in [0.5, 0.6) is 11.5 Å². The fourth-order valence-electron chi connectivity index (χ4n) is 4.48. The summed E-state index contributed by atoms with van der Waals surface area (Å²) in [6, 6.07) is 35.2. The van der Waals surface area contributed by atoms with Crippen LogP contribution < -0.4 is 4.74 Å². The number of pyridine rings is 2. The van der Waals surface area contributed by atoms with E-state index in [-0.39, 0.29) is 26.5 Å². The molecule has 6 rings (SSSR count). The molecule has 0 amide bonds. The van der Waals surface area contributed by atoms with Gasteiger partial charge in [0.15, 0.2) is 0 Å². The number of nitrogens with zero attached hydrogens (tertiary/aromatic N) is 3. The first kappa shape index (κ1) is 24.9. The molecule has 0 aliphatic carbocycles. The summed E-state index contributed by atoms with van der Waals surface area (Å²) in [6.45, 7) is 6.60. The monoisotopic (exact) mass is 662 g/mol. The fraction of sp³-hybridized carbons (Fsp3) is 0.125. The minimum Gasteiger partial charge on any atom is -0.503 e. The van der Waals surface area contributed by atoms with Crippen molar-refractivity contribution < 1.29 is 25.8 Å². The summed E-state index contributed by atoms with van der Waals surface area (Å²) < 4.78 is 8.38. The third-order valence-electron chi connectivity index (χ3n) is 6.33.